The van der Waals surface area contributed by atoms with Gasteiger partial charge in [-0.2, -0.15) is 0 Å². The van der Waals surface area contributed by atoms with Crippen molar-refractivity contribution in [3.05, 3.63) is 23.8 Å². The fraction of sp³-hybridized carbons (Fsp3) is 0.455. The molecule has 0 radical (unpaired) electrons. The van der Waals surface area contributed by atoms with Gasteiger partial charge in [-0.25, -0.2) is 0 Å². The molecule has 1 aromatic rings. The molecule has 2 atom stereocenters. The summed E-state index contributed by atoms with van der Waals surface area (Å²) < 4.78 is 11.1. The summed E-state index contributed by atoms with van der Waals surface area (Å²) in [5.41, 5.74) is 0.879. The van der Waals surface area contributed by atoms with Crippen LogP contribution in [-0.4, -0.2) is 32.5 Å². The molecule has 1 rings (SSSR count). The van der Waals surface area contributed by atoms with Gasteiger partial charge in [-0.15, -0.1) is 0 Å². The summed E-state index contributed by atoms with van der Waals surface area (Å²) in [6.45, 7) is 3.15. The minimum absolute atomic E-state index is 0.103. The summed E-state index contributed by atoms with van der Waals surface area (Å²) in [5.74, 6) is -0.238. The maximum absolute atomic E-state index is 11.1. The third-order valence-corrected chi connectivity index (χ3v) is 3.67. The molecule has 0 amide bonds. The maximum Gasteiger partial charge on any atom is 0.157 e. The van der Waals surface area contributed by atoms with Crippen molar-refractivity contribution < 1.29 is 14.4 Å². The molecule has 0 aliphatic heterocycles. The molecule has 16 heavy (non-hydrogen) atoms. The highest BCUT2D eigenvalue weighted by molar-refractivity contribution is 7.84. The van der Waals surface area contributed by atoms with Crippen molar-refractivity contribution in [2.24, 2.45) is 0 Å². The van der Waals surface area contributed by atoms with Crippen molar-refractivity contribution in [2.45, 2.75) is 18.7 Å². The molecule has 2 unspecified atom stereocenters. The standard InChI is InChI=1S/C11H17NO3S/c1-8(16(2)15)6-12-7-9-3-4-10(13)11(14)5-9/h3-5,8,12-14H,6-7H2,1-2H3. The summed E-state index contributed by atoms with van der Waals surface area (Å²) in [7, 11) is -0.828. The minimum Gasteiger partial charge on any atom is -0.504 e. The summed E-state index contributed by atoms with van der Waals surface area (Å²) in [6.07, 6.45) is 1.68. The molecular weight excluding hydrogens is 226 g/mol. The fourth-order valence-electron chi connectivity index (χ4n) is 1.22. The Bertz CT molecular complexity index is 381. The maximum atomic E-state index is 11.1. The van der Waals surface area contributed by atoms with Crippen LogP contribution in [0.3, 0.4) is 0 Å². The number of hydrogen-bond donors (Lipinski definition) is 3. The van der Waals surface area contributed by atoms with Crippen molar-refractivity contribution >= 4 is 10.8 Å². The highest BCUT2D eigenvalue weighted by atomic mass is 32.2. The molecule has 90 valence electrons. The lowest BCUT2D eigenvalue weighted by Gasteiger charge is -2.10. The summed E-state index contributed by atoms with van der Waals surface area (Å²) in [6, 6.07) is 4.69. The molecule has 0 aromatic heterocycles. The number of phenolic OH excluding ortho intramolecular Hbond substituents is 2. The number of nitrogens with one attached hydrogen (secondary N) is 1. The van der Waals surface area contributed by atoms with Gasteiger partial charge in [-0.1, -0.05) is 6.07 Å². The Morgan fingerprint density at radius 1 is 1.38 bits per heavy atom. The first-order chi connectivity index (χ1) is 7.50. The molecule has 0 saturated carbocycles. The monoisotopic (exact) mass is 243 g/mol. The summed E-state index contributed by atoms with van der Waals surface area (Å²) in [5, 5.41) is 21.6. The predicted molar refractivity (Wildman–Crippen MR) is 65.0 cm³/mol. The Kier molecular flexibility index (Phi) is 4.76. The molecule has 0 spiro atoms. The van der Waals surface area contributed by atoms with E-state index in [1.54, 1.807) is 12.3 Å². The topological polar surface area (TPSA) is 69.6 Å². The highest BCUT2D eigenvalue weighted by Crippen LogP contribution is 2.24. The highest BCUT2D eigenvalue weighted by Gasteiger charge is 2.05. The van der Waals surface area contributed by atoms with Crippen LogP contribution < -0.4 is 5.32 Å². The van der Waals surface area contributed by atoms with E-state index in [1.807, 2.05) is 6.92 Å². The quantitative estimate of drug-likeness (QED) is 0.674. The zero-order valence-corrected chi connectivity index (χ0v) is 10.3. The number of phenols is 2. The van der Waals surface area contributed by atoms with Crippen LogP contribution >= 0.6 is 0 Å². The third-order valence-electron chi connectivity index (χ3n) is 2.37. The molecule has 0 aliphatic rings. The van der Waals surface area contributed by atoms with Gasteiger partial charge in [0, 0.05) is 35.4 Å². The number of aromatic hydroxyl groups is 2. The molecule has 5 heteroatoms. The molecule has 0 aliphatic carbocycles. The molecule has 0 bridgehead atoms. The summed E-state index contributed by atoms with van der Waals surface area (Å²) in [4.78, 5) is 0. The van der Waals surface area contributed by atoms with Crippen molar-refractivity contribution in [3.8, 4) is 11.5 Å². The van der Waals surface area contributed by atoms with Crippen LogP contribution in [0.5, 0.6) is 11.5 Å². The zero-order chi connectivity index (χ0) is 12.1. The zero-order valence-electron chi connectivity index (χ0n) is 9.43. The number of benzene rings is 1. The summed E-state index contributed by atoms with van der Waals surface area (Å²) >= 11 is 0. The van der Waals surface area contributed by atoms with Crippen LogP contribution in [0.15, 0.2) is 18.2 Å². The van der Waals surface area contributed by atoms with Gasteiger partial charge in [0.2, 0.25) is 0 Å². The molecule has 0 heterocycles. The minimum atomic E-state index is -0.828. The average molecular weight is 243 g/mol. The van der Waals surface area contributed by atoms with E-state index < -0.39 is 10.8 Å². The van der Waals surface area contributed by atoms with E-state index in [-0.39, 0.29) is 16.7 Å². The van der Waals surface area contributed by atoms with Crippen LogP contribution in [-0.2, 0) is 17.3 Å². The van der Waals surface area contributed by atoms with Crippen LogP contribution in [0, 0.1) is 0 Å². The molecule has 4 nitrogen and oxygen atoms in total. The molecule has 1 aromatic carbocycles. The van der Waals surface area contributed by atoms with Gasteiger partial charge < -0.3 is 15.5 Å². The van der Waals surface area contributed by atoms with Crippen molar-refractivity contribution in [1.82, 2.24) is 5.32 Å². The van der Waals surface area contributed by atoms with Crippen LogP contribution in [0.4, 0.5) is 0 Å². The lowest BCUT2D eigenvalue weighted by atomic mass is 10.2. The van der Waals surface area contributed by atoms with Crippen molar-refractivity contribution in [1.29, 1.82) is 0 Å². The van der Waals surface area contributed by atoms with Gasteiger partial charge in [0.15, 0.2) is 11.5 Å². The number of rotatable bonds is 5. The molecule has 0 saturated heterocycles. The Morgan fingerprint density at radius 3 is 2.62 bits per heavy atom. The van der Waals surface area contributed by atoms with Gasteiger partial charge in [0.05, 0.1) is 0 Å². The first-order valence-electron chi connectivity index (χ1n) is 5.04. The Morgan fingerprint density at radius 2 is 2.06 bits per heavy atom. The Labute approximate surface area is 97.8 Å². The van der Waals surface area contributed by atoms with E-state index in [9.17, 15) is 9.32 Å². The van der Waals surface area contributed by atoms with E-state index in [2.05, 4.69) is 5.32 Å². The van der Waals surface area contributed by atoms with E-state index in [0.717, 1.165) is 5.56 Å². The lowest BCUT2D eigenvalue weighted by molar-refractivity contribution is 0.403. The van der Waals surface area contributed by atoms with Gasteiger partial charge in [0.25, 0.3) is 0 Å². The fourth-order valence-corrected chi connectivity index (χ4v) is 1.57. The van der Waals surface area contributed by atoms with Crippen molar-refractivity contribution in [2.75, 3.05) is 12.8 Å². The molecule has 3 N–H and O–H groups in total. The van der Waals surface area contributed by atoms with Gasteiger partial charge >= 0.3 is 0 Å². The van der Waals surface area contributed by atoms with Crippen molar-refractivity contribution in [3.63, 3.8) is 0 Å². The predicted octanol–water partition coefficient (Wildman–Crippen LogP) is 0.954. The van der Waals surface area contributed by atoms with Crippen LogP contribution in [0.25, 0.3) is 0 Å². The van der Waals surface area contributed by atoms with Gasteiger partial charge in [-0.3, -0.25) is 4.21 Å². The molecule has 0 fully saturated rings. The first-order valence-corrected chi connectivity index (χ1v) is 6.66. The second kappa shape index (κ2) is 5.86. The molecular formula is C11H17NO3S. The Balaban J connectivity index is 2.43. The van der Waals surface area contributed by atoms with E-state index in [0.29, 0.717) is 13.1 Å². The van der Waals surface area contributed by atoms with E-state index in [1.165, 1.54) is 12.1 Å². The van der Waals surface area contributed by atoms with Crippen LogP contribution in [0.1, 0.15) is 12.5 Å². The first kappa shape index (κ1) is 13.0. The van der Waals surface area contributed by atoms with Crippen LogP contribution in [0.2, 0.25) is 0 Å². The third kappa shape index (κ3) is 3.83. The normalized spacial score (nSPS) is 14.6. The Hall–Kier alpha value is -1.07. The van der Waals surface area contributed by atoms with E-state index >= 15 is 0 Å². The largest absolute Gasteiger partial charge is 0.504 e. The number of hydrogen-bond acceptors (Lipinski definition) is 4. The van der Waals surface area contributed by atoms with E-state index in [4.69, 9.17) is 5.11 Å². The second-order valence-corrected chi connectivity index (χ2v) is 5.57. The van der Waals surface area contributed by atoms with Gasteiger partial charge in [0.1, 0.15) is 0 Å². The SMILES string of the molecule is CC(CNCc1ccc(O)c(O)c1)S(C)=O. The average Bonchev–Trinajstić information content (AvgIpc) is 2.23. The smallest absolute Gasteiger partial charge is 0.157 e. The lowest BCUT2D eigenvalue weighted by Crippen LogP contribution is -2.27. The van der Waals surface area contributed by atoms with Gasteiger partial charge in [-0.05, 0) is 24.6 Å². The second-order valence-electron chi connectivity index (χ2n) is 3.76.